The molecular formula is C7H10O3. The van der Waals surface area contributed by atoms with Crippen LogP contribution in [0.4, 0.5) is 0 Å². The van der Waals surface area contributed by atoms with E-state index in [1.807, 2.05) is 0 Å². The van der Waals surface area contributed by atoms with E-state index in [-0.39, 0.29) is 0 Å². The fraction of sp³-hybridized carbons (Fsp3) is 0.571. The maximum atomic E-state index is 10.3. The summed E-state index contributed by atoms with van der Waals surface area (Å²) in [6, 6.07) is 0. The molecular weight excluding hydrogens is 132 g/mol. The van der Waals surface area contributed by atoms with Crippen LogP contribution in [0.25, 0.3) is 0 Å². The molecule has 0 amide bonds. The molecule has 0 aliphatic heterocycles. The van der Waals surface area contributed by atoms with E-state index >= 15 is 0 Å². The highest BCUT2D eigenvalue weighted by molar-refractivity contribution is 5.86. The molecule has 1 unspecified atom stereocenters. The molecule has 1 aliphatic carbocycles. The largest absolute Gasteiger partial charge is 0.478 e. The van der Waals surface area contributed by atoms with Gasteiger partial charge >= 0.3 is 5.97 Å². The highest BCUT2D eigenvalue weighted by atomic mass is 16.4. The second-order valence-corrected chi connectivity index (χ2v) is 2.46. The van der Waals surface area contributed by atoms with E-state index in [2.05, 4.69) is 0 Å². The van der Waals surface area contributed by atoms with Gasteiger partial charge in [-0.25, -0.2) is 4.79 Å². The Bertz CT molecular complexity index is 172. The smallest absolute Gasteiger partial charge is 0.331 e. The van der Waals surface area contributed by atoms with Crippen LogP contribution in [0.5, 0.6) is 0 Å². The second-order valence-electron chi connectivity index (χ2n) is 2.46. The third-order valence-electron chi connectivity index (χ3n) is 1.61. The molecule has 1 aliphatic rings. The summed E-state index contributed by atoms with van der Waals surface area (Å²) in [5, 5.41) is 17.5. The first kappa shape index (κ1) is 7.28. The number of aliphatic hydroxyl groups is 1. The predicted octanol–water partition coefficient (Wildman–Crippen LogP) is 0.542. The van der Waals surface area contributed by atoms with Gasteiger partial charge in [-0.1, -0.05) is 0 Å². The number of aliphatic hydroxyl groups excluding tert-OH is 1. The van der Waals surface area contributed by atoms with Crippen LogP contribution in [0.2, 0.25) is 0 Å². The third kappa shape index (κ3) is 1.57. The van der Waals surface area contributed by atoms with Crippen molar-refractivity contribution in [2.24, 2.45) is 0 Å². The molecule has 0 saturated carbocycles. The molecule has 0 bridgehead atoms. The first-order valence-electron chi connectivity index (χ1n) is 3.32. The maximum Gasteiger partial charge on any atom is 0.331 e. The number of carbonyl (C=O) groups is 1. The van der Waals surface area contributed by atoms with Crippen molar-refractivity contribution in [2.45, 2.75) is 25.4 Å². The van der Waals surface area contributed by atoms with Gasteiger partial charge in [0.05, 0.1) is 6.10 Å². The van der Waals surface area contributed by atoms with Crippen molar-refractivity contribution in [2.75, 3.05) is 0 Å². The lowest BCUT2D eigenvalue weighted by Crippen LogP contribution is -2.13. The average Bonchev–Trinajstić information content (AvgIpc) is 1.88. The first-order valence-corrected chi connectivity index (χ1v) is 3.32. The van der Waals surface area contributed by atoms with Gasteiger partial charge in [0.25, 0.3) is 0 Å². The maximum absolute atomic E-state index is 10.3. The standard InChI is InChI=1S/C7H10O3/c8-6-3-1-2-5(4-6)7(9)10/h4,6,8H,1-3H2,(H,9,10). The van der Waals surface area contributed by atoms with E-state index < -0.39 is 12.1 Å². The minimum atomic E-state index is -0.904. The van der Waals surface area contributed by atoms with Crippen LogP contribution in [0.1, 0.15) is 19.3 Å². The van der Waals surface area contributed by atoms with Crippen molar-refractivity contribution in [1.82, 2.24) is 0 Å². The van der Waals surface area contributed by atoms with Gasteiger partial charge < -0.3 is 10.2 Å². The molecule has 0 aromatic heterocycles. The van der Waals surface area contributed by atoms with Crippen LogP contribution in [-0.2, 0) is 4.79 Å². The number of rotatable bonds is 1. The lowest BCUT2D eigenvalue weighted by atomic mass is 9.98. The highest BCUT2D eigenvalue weighted by Crippen LogP contribution is 2.17. The van der Waals surface area contributed by atoms with Gasteiger partial charge in [-0.15, -0.1) is 0 Å². The summed E-state index contributed by atoms with van der Waals surface area (Å²) in [4.78, 5) is 10.3. The SMILES string of the molecule is O=C(O)C1=CC(O)CCC1. The van der Waals surface area contributed by atoms with Crippen molar-refractivity contribution in [1.29, 1.82) is 0 Å². The molecule has 56 valence electrons. The Balaban J connectivity index is 2.66. The molecule has 10 heavy (non-hydrogen) atoms. The molecule has 2 N–H and O–H groups in total. The molecule has 0 spiro atoms. The van der Waals surface area contributed by atoms with Gasteiger partial charge in [-0.2, -0.15) is 0 Å². The third-order valence-corrected chi connectivity index (χ3v) is 1.61. The average molecular weight is 142 g/mol. The molecule has 0 fully saturated rings. The summed E-state index contributed by atoms with van der Waals surface area (Å²) in [6.07, 6.45) is 2.94. The van der Waals surface area contributed by atoms with Gasteiger partial charge in [0, 0.05) is 5.57 Å². The van der Waals surface area contributed by atoms with Gasteiger partial charge in [0.2, 0.25) is 0 Å². The van der Waals surface area contributed by atoms with E-state index in [4.69, 9.17) is 10.2 Å². The van der Waals surface area contributed by atoms with Gasteiger partial charge in [0.1, 0.15) is 0 Å². The van der Waals surface area contributed by atoms with E-state index in [9.17, 15) is 4.79 Å². The normalized spacial score (nSPS) is 25.7. The van der Waals surface area contributed by atoms with E-state index in [1.165, 1.54) is 6.08 Å². The number of aliphatic carboxylic acids is 1. The minimum absolute atomic E-state index is 0.346. The molecule has 1 rings (SSSR count). The van der Waals surface area contributed by atoms with Gasteiger partial charge in [-0.05, 0) is 25.3 Å². The minimum Gasteiger partial charge on any atom is -0.478 e. The lowest BCUT2D eigenvalue weighted by Gasteiger charge is -2.13. The summed E-state index contributed by atoms with van der Waals surface area (Å²) < 4.78 is 0. The van der Waals surface area contributed by atoms with Crippen LogP contribution >= 0.6 is 0 Å². The van der Waals surface area contributed by atoms with Crippen LogP contribution in [0, 0.1) is 0 Å². The zero-order valence-corrected chi connectivity index (χ0v) is 5.58. The quantitative estimate of drug-likeness (QED) is 0.561. The van der Waals surface area contributed by atoms with Crippen LogP contribution in [0.3, 0.4) is 0 Å². The highest BCUT2D eigenvalue weighted by Gasteiger charge is 2.14. The summed E-state index contributed by atoms with van der Waals surface area (Å²) in [6.45, 7) is 0. The Labute approximate surface area is 59.0 Å². The molecule has 0 saturated heterocycles. The zero-order valence-electron chi connectivity index (χ0n) is 5.58. The monoisotopic (exact) mass is 142 g/mol. The number of carboxylic acids is 1. The fourth-order valence-corrected chi connectivity index (χ4v) is 1.08. The van der Waals surface area contributed by atoms with Crippen LogP contribution < -0.4 is 0 Å². The fourth-order valence-electron chi connectivity index (χ4n) is 1.08. The Morgan fingerprint density at radius 3 is 2.80 bits per heavy atom. The van der Waals surface area contributed by atoms with Crippen molar-refractivity contribution >= 4 is 5.97 Å². The van der Waals surface area contributed by atoms with Gasteiger partial charge in [-0.3, -0.25) is 0 Å². The van der Waals surface area contributed by atoms with Gasteiger partial charge in [0.15, 0.2) is 0 Å². The molecule has 0 aromatic rings. The summed E-state index contributed by atoms with van der Waals surface area (Å²) in [5.41, 5.74) is 0.346. The molecule has 0 heterocycles. The van der Waals surface area contributed by atoms with Crippen LogP contribution in [-0.4, -0.2) is 22.3 Å². The summed E-state index contributed by atoms with van der Waals surface area (Å²) in [7, 11) is 0. The number of hydrogen-bond acceptors (Lipinski definition) is 2. The number of carboxylic acid groups (broad SMARTS) is 1. The number of hydrogen-bond donors (Lipinski definition) is 2. The molecule has 0 aromatic carbocycles. The summed E-state index contributed by atoms with van der Waals surface area (Å²) >= 11 is 0. The Hall–Kier alpha value is -0.830. The second kappa shape index (κ2) is 2.84. The Morgan fingerprint density at radius 1 is 1.70 bits per heavy atom. The predicted molar refractivity (Wildman–Crippen MR) is 35.6 cm³/mol. The molecule has 1 atom stereocenters. The van der Waals surface area contributed by atoms with Crippen molar-refractivity contribution in [3.05, 3.63) is 11.6 Å². The Morgan fingerprint density at radius 2 is 2.40 bits per heavy atom. The van der Waals surface area contributed by atoms with E-state index in [0.29, 0.717) is 18.4 Å². The van der Waals surface area contributed by atoms with Crippen molar-refractivity contribution in [3.8, 4) is 0 Å². The summed E-state index contributed by atoms with van der Waals surface area (Å²) in [5.74, 6) is -0.904. The van der Waals surface area contributed by atoms with E-state index in [0.717, 1.165) is 6.42 Å². The zero-order chi connectivity index (χ0) is 7.56. The topological polar surface area (TPSA) is 57.5 Å². The molecule has 3 heteroatoms. The molecule has 3 nitrogen and oxygen atoms in total. The van der Waals surface area contributed by atoms with Crippen molar-refractivity contribution < 1.29 is 15.0 Å². The first-order chi connectivity index (χ1) is 4.70. The van der Waals surface area contributed by atoms with Crippen molar-refractivity contribution in [3.63, 3.8) is 0 Å². The Kier molecular flexibility index (Phi) is 2.06. The van der Waals surface area contributed by atoms with E-state index in [1.54, 1.807) is 0 Å². The van der Waals surface area contributed by atoms with Crippen LogP contribution in [0.15, 0.2) is 11.6 Å². The lowest BCUT2D eigenvalue weighted by molar-refractivity contribution is -0.133. The molecule has 0 radical (unpaired) electrons.